The van der Waals surface area contributed by atoms with E-state index in [2.05, 4.69) is 15.6 Å². The highest BCUT2D eigenvalue weighted by molar-refractivity contribution is 6.14. The third-order valence-electron chi connectivity index (χ3n) is 3.89. The fraction of sp³-hybridized carbons (Fsp3) is 0.235. The molecule has 1 amide bonds. The topological polar surface area (TPSA) is 104 Å². The maximum Gasteiger partial charge on any atom is 0.220 e. The average Bonchev–Trinajstić information content (AvgIpc) is 2.98. The number of pyridine rings is 1. The van der Waals surface area contributed by atoms with Crippen LogP contribution >= 0.6 is 0 Å². The third-order valence-corrected chi connectivity index (χ3v) is 3.89. The molecule has 1 atom stereocenters. The van der Waals surface area contributed by atoms with Gasteiger partial charge in [-0.2, -0.15) is 0 Å². The van der Waals surface area contributed by atoms with Crippen LogP contribution in [0, 0.1) is 5.41 Å². The van der Waals surface area contributed by atoms with Gasteiger partial charge in [0.1, 0.15) is 5.82 Å². The Hall–Kier alpha value is -2.89. The highest BCUT2D eigenvalue weighted by atomic mass is 16.1. The number of nitrogen functional groups attached to an aromatic ring is 1. The van der Waals surface area contributed by atoms with Crippen LogP contribution in [0.2, 0.25) is 0 Å². The summed E-state index contributed by atoms with van der Waals surface area (Å²) in [4.78, 5) is 15.5. The largest absolute Gasteiger partial charge is 0.398 e. The molecule has 1 aliphatic rings. The minimum absolute atomic E-state index is 0.0971. The minimum atomic E-state index is 0.0971. The van der Waals surface area contributed by atoms with Gasteiger partial charge in [-0.15, -0.1) is 0 Å². The molecule has 0 saturated carbocycles. The van der Waals surface area contributed by atoms with Crippen LogP contribution < -0.4 is 16.4 Å². The second kappa shape index (κ2) is 6.48. The lowest BCUT2D eigenvalue weighted by atomic mass is 10.0. The molecule has 1 aromatic carbocycles. The highest BCUT2D eigenvalue weighted by Gasteiger charge is 2.20. The van der Waals surface area contributed by atoms with E-state index in [9.17, 15) is 4.79 Å². The SMILES string of the molecule is N=C(c1ccnc(NCC2CCC(=O)N2)c1)c1ccccc1N. The van der Waals surface area contributed by atoms with E-state index in [1.165, 1.54) is 0 Å². The molecule has 6 heteroatoms. The zero-order chi connectivity index (χ0) is 16.2. The Balaban J connectivity index is 1.71. The van der Waals surface area contributed by atoms with Crippen molar-refractivity contribution in [2.45, 2.75) is 18.9 Å². The van der Waals surface area contributed by atoms with Gasteiger partial charge in [0.15, 0.2) is 0 Å². The van der Waals surface area contributed by atoms with Crippen LogP contribution in [0.15, 0.2) is 42.6 Å². The molecule has 0 radical (unpaired) electrons. The molecule has 6 nitrogen and oxygen atoms in total. The number of rotatable bonds is 5. The number of hydrogen-bond acceptors (Lipinski definition) is 5. The summed E-state index contributed by atoms with van der Waals surface area (Å²) in [6.07, 6.45) is 3.08. The summed E-state index contributed by atoms with van der Waals surface area (Å²) in [5.74, 6) is 0.780. The second-order valence-electron chi connectivity index (χ2n) is 5.58. The van der Waals surface area contributed by atoms with Gasteiger partial charge in [-0.3, -0.25) is 10.2 Å². The first-order valence-corrected chi connectivity index (χ1v) is 7.56. The van der Waals surface area contributed by atoms with E-state index in [1.807, 2.05) is 24.3 Å². The molecule has 2 aromatic rings. The van der Waals surface area contributed by atoms with Crippen molar-refractivity contribution in [3.63, 3.8) is 0 Å². The molecule has 1 unspecified atom stereocenters. The van der Waals surface area contributed by atoms with Crippen molar-refractivity contribution in [2.75, 3.05) is 17.6 Å². The number of nitrogens with zero attached hydrogens (tertiary/aromatic N) is 1. The molecular formula is C17H19N5O. The molecule has 0 aliphatic carbocycles. The van der Waals surface area contributed by atoms with Crippen LogP contribution in [0.1, 0.15) is 24.0 Å². The summed E-state index contributed by atoms with van der Waals surface area (Å²) in [5.41, 5.74) is 8.33. The lowest BCUT2D eigenvalue weighted by Gasteiger charge is -2.13. The second-order valence-corrected chi connectivity index (χ2v) is 5.58. The van der Waals surface area contributed by atoms with Gasteiger partial charge >= 0.3 is 0 Å². The first-order valence-electron chi connectivity index (χ1n) is 7.56. The van der Waals surface area contributed by atoms with E-state index < -0.39 is 0 Å². The first kappa shape index (κ1) is 15.0. The van der Waals surface area contributed by atoms with Crippen LogP contribution in [0.3, 0.4) is 0 Å². The molecule has 5 N–H and O–H groups in total. The quantitative estimate of drug-likeness (QED) is 0.499. The molecule has 0 spiro atoms. The van der Waals surface area contributed by atoms with E-state index >= 15 is 0 Å². The third kappa shape index (κ3) is 3.48. The van der Waals surface area contributed by atoms with Crippen molar-refractivity contribution in [3.05, 3.63) is 53.7 Å². The maximum atomic E-state index is 11.2. The number of hydrogen-bond donors (Lipinski definition) is 4. The van der Waals surface area contributed by atoms with Gasteiger partial charge in [0.25, 0.3) is 0 Å². The molecule has 3 rings (SSSR count). The van der Waals surface area contributed by atoms with E-state index in [-0.39, 0.29) is 11.9 Å². The van der Waals surface area contributed by atoms with Crippen molar-refractivity contribution in [1.29, 1.82) is 5.41 Å². The van der Waals surface area contributed by atoms with Crippen molar-refractivity contribution in [2.24, 2.45) is 0 Å². The summed E-state index contributed by atoms with van der Waals surface area (Å²) >= 11 is 0. The Bertz CT molecular complexity index is 743. The predicted octanol–water partition coefficient (Wildman–Crippen LogP) is 1.77. The fourth-order valence-electron chi connectivity index (χ4n) is 2.62. The fourth-order valence-corrected chi connectivity index (χ4v) is 2.62. The van der Waals surface area contributed by atoms with Crippen LogP contribution in [-0.4, -0.2) is 29.2 Å². The maximum absolute atomic E-state index is 11.2. The number of aromatic nitrogens is 1. The van der Waals surface area contributed by atoms with Crippen LogP contribution in [-0.2, 0) is 4.79 Å². The summed E-state index contributed by atoms with van der Waals surface area (Å²) in [7, 11) is 0. The Labute approximate surface area is 134 Å². The van der Waals surface area contributed by atoms with Gasteiger partial charge in [0, 0.05) is 42.0 Å². The van der Waals surface area contributed by atoms with Crippen molar-refractivity contribution < 1.29 is 4.79 Å². The number of nitrogens with two attached hydrogens (primary N) is 1. The number of carbonyl (C=O) groups is 1. The molecule has 118 valence electrons. The predicted molar refractivity (Wildman–Crippen MR) is 90.7 cm³/mol. The Morgan fingerprint density at radius 1 is 1.39 bits per heavy atom. The van der Waals surface area contributed by atoms with E-state index in [0.717, 1.165) is 12.0 Å². The molecule has 1 aromatic heterocycles. The Morgan fingerprint density at radius 2 is 2.22 bits per heavy atom. The monoisotopic (exact) mass is 309 g/mol. The standard InChI is InChI=1S/C17H19N5O/c18-14-4-2-1-3-13(14)17(19)11-7-8-20-15(9-11)21-10-12-5-6-16(23)22-12/h1-4,7-9,12,19H,5-6,10,18H2,(H,20,21)(H,22,23). The normalized spacial score (nSPS) is 16.9. The van der Waals surface area contributed by atoms with E-state index in [4.69, 9.17) is 11.1 Å². The molecule has 1 aliphatic heterocycles. The molecule has 1 saturated heterocycles. The average molecular weight is 309 g/mol. The molecular weight excluding hydrogens is 290 g/mol. The number of amides is 1. The van der Waals surface area contributed by atoms with Gasteiger partial charge in [-0.25, -0.2) is 4.98 Å². The summed E-state index contributed by atoms with van der Waals surface area (Å²) in [6, 6.07) is 11.1. The van der Waals surface area contributed by atoms with E-state index in [1.54, 1.807) is 18.3 Å². The molecule has 1 fully saturated rings. The number of anilines is 2. The van der Waals surface area contributed by atoms with Gasteiger partial charge in [0.05, 0.1) is 5.71 Å². The van der Waals surface area contributed by atoms with Crippen molar-refractivity contribution in [1.82, 2.24) is 10.3 Å². The van der Waals surface area contributed by atoms with Crippen LogP contribution in [0.5, 0.6) is 0 Å². The number of para-hydroxylation sites is 1. The van der Waals surface area contributed by atoms with Crippen LogP contribution in [0.25, 0.3) is 0 Å². The number of benzene rings is 1. The Morgan fingerprint density at radius 3 is 2.96 bits per heavy atom. The lowest BCUT2D eigenvalue weighted by molar-refractivity contribution is -0.119. The van der Waals surface area contributed by atoms with Gasteiger partial charge < -0.3 is 16.4 Å². The summed E-state index contributed by atoms with van der Waals surface area (Å²) in [6.45, 7) is 0.628. The van der Waals surface area contributed by atoms with Gasteiger partial charge in [-0.05, 0) is 24.6 Å². The molecule has 23 heavy (non-hydrogen) atoms. The van der Waals surface area contributed by atoms with Crippen molar-refractivity contribution >= 4 is 23.1 Å². The summed E-state index contributed by atoms with van der Waals surface area (Å²) in [5, 5.41) is 14.5. The zero-order valence-corrected chi connectivity index (χ0v) is 12.7. The Kier molecular flexibility index (Phi) is 4.23. The highest BCUT2D eigenvalue weighted by Crippen LogP contribution is 2.18. The number of carbonyl (C=O) groups excluding carboxylic acids is 1. The number of nitrogens with one attached hydrogen (secondary N) is 3. The smallest absolute Gasteiger partial charge is 0.220 e. The van der Waals surface area contributed by atoms with Gasteiger partial charge in [-0.1, -0.05) is 18.2 Å². The van der Waals surface area contributed by atoms with Gasteiger partial charge in [0.2, 0.25) is 5.91 Å². The van der Waals surface area contributed by atoms with Crippen LogP contribution in [0.4, 0.5) is 11.5 Å². The van der Waals surface area contributed by atoms with Crippen molar-refractivity contribution in [3.8, 4) is 0 Å². The zero-order valence-electron chi connectivity index (χ0n) is 12.7. The first-order chi connectivity index (χ1) is 11.1. The van der Waals surface area contributed by atoms with E-state index in [0.29, 0.717) is 35.7 Å². The molecule has 0 bridgehead atoms. The minimum Gasteiger partial charge on any atom is -0.398 e. The summed E-state index contributed by atoms with van der Waals surface area (Å²) < 4.78 is 0. The lowest BCUT2D eigenvalue weighted by Crippen LogP contribution is -2.32. The molecule has 2 heterocycles.